The number of rotatable bonds is 2. The highest BCUT2D eigenvalue weighted by Crippen LogP contribution is 2.13. The van der Waals surface area contributed by atoms with Gasteiger partial charge < -0.3 is 10.2 Å². The molecule has 18 heavy (non-hydrogen) atoms. The molecular formula is C14H26N2O2. The maximum absolute atomic E-state index is 12.0. The quantitative estimate of drug-likeness (QED) is 0.818. The molecule has 0 aromatic heterocycles. The van der Waals surface area contributed by atoms with Gasteiger partial charge in [0, 0.05) is 18.5 Å². The second-order valence-corrected chi connectivity index (χ2v) is 6.08. The first kappa shape index (κ1) is 15.0. The van der Waals surface area contributed by atoms with Gasteiger partial charge in [-0.15, -0.1) is 0 Å². The number of amides is 2. The lowest BCUT2D eigenvalue weighted by Crippen LogP contribution is -2.44. The van der Waals surface area contributed by atoms with Crippen LogP contribution in [0.4, 0.5) is 0 Å². The topological polar surface area (TPSA) is 49.4 Å². The molecule has 0 radical (unpaired) electrons. The summed E-state index contributed by atoms with van der Waals surface area (Å²) in [4.78, 5) is 25.6. The highest BCUT2D eigenvalue weighted by atomic mass is 16.2. The van der Waals surface area contributed by atoms with Crippen molar-refractivity contribution in [1.82, 2.24) is 10.2 Å². The third kappa shape index (κ3) is 5.07. The molecule has 4 heteroatoms. The zero-order valence-electron chi connectivity index (χ0n) is 11.9. The molecule has 1 fully saturated rings. The molecule has 4 nitrogen and oxygen atoms in total. The Morgan fingerprint density at radius 2 is 1.50 bits per heavy atom. The van der Waals surface area contributed by atoms with Gasteiger partial charge in [0.05, 0.1) is 6.54 Å². The Morgan fingerprint density at radius 3 is 2.00 bits per heavy atom. The lowest BCUT2D eigenvalue weighted by Gasteiger charge is -2.25. The van der Waals surface area contributed by atoms with Crippen LogP contribution in [0.2, 0.25) is 0 Å². The van der Waals surface area contributed by atoms with Crippen molar-refractivity contribution in [2.45, 2.75) is 52.9 Å². The predicted octanol–water partition coefficient (Wildman–Crippen LogP) is 1.94. The smallest absolute Gasteiger partial charge is 0.241 e. The zero-order chi connectivity index (χ0) is 13.6. The molecule has 0 unspecified atom stereocenters. The molecule has 0 atom stereocenters. The highest BCUT2D eigenvalue weighted by molar-refractivity contribution is 5.87. The Kier molecular flexibility index (Phi) is 5.63. The van der Waals surface area contributed by atoms with E-state index in [1.54, 1.807) is 0 Å². The standard InChI is InChI=1S/C14H26N2O2/c1-14(2,3)13(18)15-11-12(17)16-9-7-5-4-6-8-10-16/h4-11H2,1-3H3,(H,15,18). The summed E-state index contributed by atoms with van der Waals surface area (Å²) in [6.07, 6.45) is 5.86. The SMILES string of the molecule is CC(C)(C)C(=O)NCC(=O)N1CCCCCCC1. The fourth-order valence-corrected chi connectivity index (χ4v) is 2.03. The van der Waals surface area contributed by atoms with E-state index in [0.717, 1.165) is 25.9 Å². The van der Waals surface area contributed by atoms with E-state index in [-0.39, 0.29) is 18.4 Å². The fraction of sp³-hybridized carbons (Fsp3) is 0.857. The van der Waals surface area contributed by atoms with Crippen LogP contribution >= 0.6 is 0 Å². The molecule has 2 amide bonds. The van der Waals surface area contributed by atoms with E-state index in [0.29, 0.717) is 0 Å². The molecular weight excluding hydrogens is 228 g/mol. The maximum atomic E-state index is 12.0. The summed E-state index contributed by atoms with van der Waals surface area (Å²) < 4.78 is 0. The highest BCUT2D eigenvalue weighted by Gasteiger charge is 2.22. The van der Waals surface area contributed by atoms with E-state index in [1.165, 1.54) is 19.3 Å². The predicted molar refractivity (Wildman–Crippen MR) is 72.1 cm³/mol. The van der Waals surface area contributed by atoms with Crippen molar-refractivity contribution in [3.05, 3.63) is 0 Å². The molecule has 1 saturated heterocycles. The van der Waals surface area contributed by atoms with Crippen molar-refractivity contribution in [2.24, 2.45) is 5.41 Å². The van der Waals surface area contributed by atoms with Gasteiger partial charge >= 0.3 is 0 Å². The first-order valence-electron chi connectivity index (χ1n) is 6.97. The first-order valence-corrected chi connectivity index (χ1v) is 6.97. The molecule has 0 bridgehead atoms. The van der Waals surface area contributed by atoms with Crippen molar-refractivity contribution in [3.8, 4) is 0 Å². The van der Waals surface area contributed by atoms with Gasteiger partial charge in [0.1, 0.15) is 0 Å². The van der Waals surface area contributed by atoms with Crippen LogP contribution in [0.3, 0.4) is 0 Å². The van der Waals surface area contributed by atoms with E-state index in [1.807, 2.05) is 25.7 Å². The molecule has 0 spiro atoms. The van der Waals surface area contributed by atoms with Crippen LogP contribution in [0.1, 0.15) is 52.9 Å². The van der Waals surface area contributed by atoms with E-state index >= 15 is 0 Å². The molecule has 1 heterocycles. The summed E-state index contributed by atoms with van der Waals surface area (Å²) in [5.74, 6) is -0.0163. The zero-order valence-corrected chi connectivity index (χ0v) is 11.9. The number of carbonyl (C=O) groups is 2. The van der Waals surface area contributed by atoms with Crippen LogP contribution in [0, 0.1) is 5.41 Å². The molecule has 0 aliphatic carbocycles. The normalized spacial score (nSPS) is 17.8. The Hall–Kier alpha value is -1.06. The third-order valence-corrected chi connectivity index (χ3v) is 3.29. The van der Waals surface area contributed by atoms with Gasteiger partial charge in [0.15, 0.2) is 0 Å². The van der Waals surface area contributed by atoms with Crippen LogP contribution in [-0.2, 0) is 9.59 Å². The molecule has 1 aliphatic heterocycles. The van der Waals surface area contributed by atoms with E-state index in [9.17, 15) is 9.59 Å². The molecule has 1 N–H and O–H groups in total. The molecule has 1 aliphatic rings. The molecule has 1 rings (SSSR count). The maximum Gasteiger partial charge on any atom is 0.241 e. The number of hydrogen-bond donors (Lipinski definition) is 1. The van der Waals surface area contributed by atoms with Crippen molar-refractivity contribution in [3.63, 3.8) is 0 Å². The largest absolute Gasteiger partial charge is 0.347 e. The van der Waals surface area contributed by atoms with Gasteiger partial charge in [-0.1, -0.05) is 40.0 Å². The van der Waals surface area contributed by atoms with E-state index in [2.05, 4.69) is 5.32 Å². The lowest BCUT2D eigenvalue weighted by atomic mass is 9.96. The number of likely N-dealkylation sites (tertiary alicyclic amines) is 1. The average molecular weight is 254 g/mol. The summed E-state index contributed by atoms with van der Waals surface area (Å²) in [5, 5.41) is 2.73. The number of carbonyl (C=O) groups excluding carboxylic acids is 2. The van der Waals surface area contributed by atoms with Gasteiger partial charge in [-0.3, -0.25) is 9.59 Å². The van der Waals surface area contributed by atoms with Crippen LogP contribution < -0.4 is 5.32 Å². The minimum atomic E-state index is -0.434. The first-order chi connectivity index (χ1) is 8.41. The monoisotopic (exact) mass is 254 g/mol. The molecule has 0 aromatic rings. The van der Waals surface area contributed by atoms with Gasteiger partial charge in [-0.25, -0.2) is 0 Å². The van der Waals surface area contributed by atoms with Gasteiger partial charge in [-0.05, 0) is 12.8 Å². The van der Waals surface area contributed by atoms with Crippen LogP contribution in [0.5, 0.6) is 0 Å². The summed E-state index contributed by atoms with van der Waals surface area (Å²) >= 11 is 0. The molecule has 0 saturated carbocycles. The second kappa shape index (κ2) is 6.76. The van der Waals surface area contributed by atoms with E-state index < -0.39 is 5.41 Å². The third-order valence-electron chi connectivity index (χ3n) is 3.29. The summed E-state index contributed by atoms with van der Waals surface area (Å²) in [7, 11) is 0. The van der Waals surface area contributed by atoms with Crippen LogP contribution in [-0.4, -0.2) is 36.3 Å². The second-order valence-electron chi connectivity index (χ2n) is 6.08. The van der Waals surface area contributed by atoms with Crippen molar-refractivity contribution in [1.29, 1.82) is 0 Å². The Bertz CT molecular complexity index is 287. The van der Waals surface area contributed by atoms with Gasteiger partial charge in [0.2, 0.25) is 11.8 Å². The number of nitrogens with one attached hydrogen (secondary N) is 1. The Morgan fingerprint density at radius 1 is 1.00 bits per heavy atom. The number of hydrogen-bond acceptors (Lipinski definition) is 2. The van der Waals surface area contributed by atoms with Gasteiger partial charge in [0.25, 0.3) is 0 Å². The van der Waals surface area contributed by atoms with Crippen molar-refractivity contribution >= 4 is 11.8 Å². The minimum Gasteiger partial charge on any atom is -0.347 e. The Labute approximate surface area is 110 Å². The minimum absolute atomic E-state index is 0.0505. The van der Waals surface area contributed by atoms with Crippen molar-refractivity contribution in [2.75, 3.05) is 19.6 Å². The average Bonchev–Trinajstić information content (AvgIpc) is 2.23. The van der Waals surface area contributed by atoms with Crippen molar-refractivity contribution < 1.29 is 9.59 Å². The summed E-state index contributed by atoms with van der Waals surface area (Å²) in [6, 6.07) is 0. The fourth-order valence-electron chi connectivity index (χ4n) is 2.03. The summed E-state index contributed by atoms with van der Waals surface area (Å²) in [6.45, 7) is 7.36. The lowest BCUT2D eigenvalue weighted by molar-refractivity contribution is -0.135. The van der Waals surface area contributed by atoms with E-state index in [4.69, 9.17) is 0 Å². The molecule has 0 aromatic carbocycles. The molecule has 104 valence electrons. The van der Waals surface area contributed by atoms with Crippen LogP contribution in [0.25, 0.3) is 0 Å². The van der Waals surface area contributed by atoms with Crippen LogP contribution in [0.15, 0.2) is 0 Å². The summed E-state index contributed by atoms with van der Waals surface area (Å²) in [5.41, 5.74) is -0.434. The van der Waals surface area contributed by atoms with Gasteiger partial charge in [-0.2, -0.15) is 0 Å². The Balaban J connectivity index is 2.37. The number of nitrogens with zero attached hydrogens (tertiary/aromatic N) is 1.